The summed E-state index contributed by atoms with van der Waals surface area (Å²) in [6, 6.07) is 8.26. The van der Waals surface area contributed by atoms with Crippen LogP contribution in [0.2, 0.25) is 0 Å². The Balaban J connectivity index is 1.39. The minimum absolute atomic E-state index is 0.136. The number of aromatic nitrogens is 2. The predicted molar refractivity (Wildman–Crippen MR) is 127 cm³/mol. The first-order valence-electron chi connectivity index (χ1n) is 11.7. The number of rotatable bonds is 8. The number of carbonyl (C=O) groups excluding carboxylic acids is 2. The predicted octanol–water partition coefficient (Wildman–Crippen LogP) is 4.05. The van der Waals surface area contributed by atoms with E-state index < -0.39 is 11.9 Å². The molecule has 0 saturated heterocycles. The van der Waals surface area contributed by atoms with Crippen molar-refractivity contribution in [2.45, 2.75) is 51.7 Å². The monoisotopic (exact) mass is 462 g/mol. The molecule has 3 aromatic heterocycles. The molecule has 0 aliphatic heterocycles. The minimum atomic E-state index is -0.565. The SMILES string of the molecule is CNC(=O)[C@@H](NC(=O)c1ccc(-c2ccc(OCc3ccncc3C)cn2)o1)C1CCCCC1. The molecule has 34 heavy (non-hydrogen) atoms. The van der Waals surface area contributed by atoms with E-state index in [0.29, 0.717) is 23.8 Å². The fourth-order valence-corrected chi connectivity index (χ4v) is 4.27. The van der Waals surface area contributed by atoms with Gasteiger partial charge in [0.05, 0.1) is 6.20 Å². The van der Waals surface area contributed by atoms with Crippen LogP contribution in [0.3, 0.4) is 0 Å². The molecule has 8 heteroatoms. The van der Waals surface area contributed by atoms with Gasteiger partial charge in [-0.25, -0.2) is 4.98 Å². The van der Waals surface area contributed by atoms with Crippen molar-refractivity contribution in [2.75, 3.05) is 7.05 Å². The van der Waals surface area contributed by atoms with Gasteiger partial charge in [0.2, 0.25) is 5.91 Å². The van der Waals surface area contributed by atoms with E-state index >= 15 is 0 Å². The Morgan fingerprint density at radius 2 is 1.94 bits per heavy atom. The highest BCUT2D eigenvalue weighted by molar-refractivity contribution is 5.96. The Kier molecular flexibility index (Phi) is 7.57. The standard InChI is InChI=1S/C26H30N4O4/c1-17-14-28-13-12-19(17)16-33-20-8-9-21(29-15-20)22-10-11-23(34-22)25(31)30-24(26(32)27-2)18-6-4-3-5-7-18/h8-15,18,24H,3-7,16H2,1-2H3,(H,27,32)(H,30,31)/t24-/m0/s1. The number of aryl methyl sites for hydroxylation is 1. The number of amides is 2. The minimum Gasteiger partial charge on any atom is -0.487 e. The summed E-state index contributed by atoms with van der Waals surface area (Å²) in [6.07, 6.45) is 10.4. The Labute approximate surface area is 199 Å². The van der Waals surface area contributed by atoms with E-state index in [4.69, 9.17) is 9.15 Å². The van der Waals surface area contributed by atoms with E-state index in [0.717, 1.165) is 36.8 Å². The molecule has 4 rings (SSSR count). The van der Waals surface area contributed by atoms with Crippen molar-refractivity contribution in [2.24, 2.45) is 5.92 Å². The van der Waals surface area contributed by atoms with Gasteiger partial charge in [0.15, 0.2) is 11.5 Å². The molecule has 0 aromatic carbocycles. The highest BCUT2D eigenvalue weighted by Crippen LogP contribution is 2.27. The number of nitrogens with zero attached hydrogens (tertiary/aromatic N) is 2. The third kappa shape index (κ3) is 5.62. The topological polar surface area (TPSA) is 106 Å². The van der Waals surface area contributed by atoms with Crippen molar-refractivity contribution >= 4 is 11.8 Å². The van der Waals surface area contributed by atoms with Gasteiger partial charge in [-0.1, -0.05) is 19.3 Å². The fourth-order valence-electron chi connectivity index (χ4n) is 4.27. The van der Waals surface area contributed by atoms with Crippen LogP contribution in [0.25, 0.3) is 11.5 Å². The van der Waals surface area contributed by atoms with Gasteiger partial charge in [-0.2, -0.15) is 0 Å². The molecule has 0 unspecified atom stereocenters. The maximum atomic E-state index is 12.8. The first kappa shape index (κ1) is 23.5. The summed E-state index contributed by atoms with van der Waals surface area (Å²) >= 11 is 0. The van der Waals surface area contributed by atoms with Crippen LogP contribution in [0.4, 0.5) is 0 Å². The van der Waals surface area contributed by atoms with Gasteiger partial charge in [0.1, 0.15) is 24.1 Å². The van der Waals surface area contributed by atoms with Gasteiger partial charge in [0, 0.05) is 19.4 Å². The molecular formula is C26H30N4O4. The molecule has 0 spiro atoms. The second kappa shape index (κ2) is 11.0. The van der Waals surface area contributed by atoms with Gasteiger partial charge in [-0.3, -0.25) is 14.6 Å². The third-order valence-corrected chi connectivity index (χ3v) is 6.29. The second-order valence-corrected chi connectivity index (χ2v) is 8.60. The Hall–Kier alpha value is -3.68. The van der Waals surface area contributed by atoms with E-state index in [1.807, 2.05) is 19.1 Å². The molecule has 0 radical (unpaired) electrons. The van der Waals surface area contributed by atoms with Crippen LogP contribution in [0.15, 0.2) is 53.3 Å². The molecule has 1 fully saturated rings. The normalized spacial score (nSPS) is 14.9. The molecule has 178 valence electrons. The van der Waals surface area contributed by atoms with Crippen LogP contribution in [0, 0.1) is 12.8 Å². The lowest BCUT2D eigenvalue weighted by Crippen LogP contribution is -2.50. The number of ether oxygens (including phenoxy) is 1. The summed E-state index contributed by atoms with van der Waals surface area (Å²) < 4.78 is 11.6. The lowest BCUT2D eigenvalue weighted by Gasteiger charge is -2.29. The number of likely N-dealkylation sites (N-methyl/N-ethyl adjacent to an activating group) is 1. The average molecular weight is 463 g/mol. The van der Waals surface area contributed by atoms with E-state index in [-0.39, 0.29) is 17.6 Å². The number of nitrogens with one attached hydrogen (secondary N) is 2. The van der Waals surface area contributed by atoms with Crippen molar-refractivity contribution in [3.8, 4) is 17.2 Å². The highest BCUT2D eigenvalue weighted by Gasteiger charge is 2.31. The first-order valence-corrected chi connectivity index (χ1v) is 11.7. The van der Waals surface area contributed by atoms with E-state index in [1.165, 1.54) is 6.42 Å². The summed E-state index contributed by atoms with van der Waals surface area (Å²) in [5.41, 5.74) is 2.71. The van der Waals surface area contributed by atoms with Crippen molar-refractivity contribution in [3.63, 3.8) is 0 Å². The Bertz CT molecular complexity index is 1120. The number of furan rings is 1. The number of pyridine rings is 2. The lowest BCUT2D eigenvalue weighted by atomic mass is 9.83. The number of hydrogen-bond acceptors (Lipinski definition) is 6. The van der Waals surface area contributed by atoms with E-state index in [1.54, 1.807) is 43.8 Å². The van der Waals surface area contributed by atoms with Gasteiger partial charge in [-0.15, -0.1) is 0 Å². The third-order valence-electron chi connectivity index (χ3n) is 6.29. The van der Waals surface area contributed by atoms with Crippen molar-refractivity contribution < 1.29 is 18.7 Å². The van der Waals surface area contributed by atoms with Gasteiger partial charge in [-0.05, 0) is 67.1 Å². The zero-order chi connectivity index (χ0) is 23.9. The van der Waals surface area contributed by atoms with Crippen LogP contribution < -0.4 is 15.4 Å². The molecule has 2 amide bonds. The average Bonchev–Trinajstić information content (AvgIpc) is 3.38. The molecular weight excluding hydrogens is 432 g/mol. The molecule has 1 saturated carbocycles. The van der Waals surface area contributed by atoms with Crippen molar-refractivity contribution in [3.05, 3.63) is 65.8 Å². The summed E-state index contributed by atoms with van der Waals surface area (Å²) in [5.74, 6) is 0.804. The van der Waals surface area contributed by atoms with E-state index in [9.17, 15) is 9.59 Å². The molecule has 0 bridgehead atoms. The van der Waals surface area contributed by atoms with E-state index in [2.05, 4.69) is 20.6 Å². The molecule has 1 atom stereocenters. The van der Waals surface area contributed by atoms with Crippen LogP contribution in [-0.2, 0) is 11.4 Å². The van der Waals surface area contributed by atoms with Crippen LogP contribution in [-0.4, -0.2) is 34.9 Å². The van der Waals surface area contributed by atoms with Crippen LogP contribution in [0.5, 0.6) is 5.75 Å². The summed E-state index contributed by atoms with van der Waals surface area (Å²) in [7, 11) is 1.59. The quantitative estimate of drug-likeness (QED) is 0.523. The summed E-state index contributed by atoms with van der Waals surface area (Å²) in [4.78, 5) is 33.7. The van der Waals surface area contributed by atoms with Gasteiger partial charge in [0.25, 0.3) is 5.91 Å². The summed E-state index contributed by atoms with van der Waals surface area (Å²) in [5, 5.41) is 5.54. The van der Waals surface area contributed by atoms with Crippen LogP contribution in [0.1, 0.15) is 53.8 Å². The fraction of sp³-hybridized carbons (Fsp3) is 0.385. The molecule has 1 aliphatic carbocycles. The number of hydrogen-bond donors (Lipinski definition) is 2. The van der Waals surface area contributed by atoms with Gasteiger partial charge < -0.3 is 19.8 Å². The van der Waals surface area contributed by atoms with Crippen molar-refractivity contribution in [1.29, 1.82) is 0 Å². The molecule has 1 aliphatic rings. The molecule has 2 N–H and O–H groups in total. The van der Waals surface area contributed by atoms with Crippen LogP contribution >= 0.6 is 0 Å². The zero-order valence-electron chi connectivity index (χ0n) is 19.5. The lowest BCUT2D eigenvalue weighted by molar-refractivity contribution is -0.124. The largest absolute Gasteiger partial charge is 0.487 e. The maximum absolute atomic E-state index is 12.8. The first-order chi connectivity index (χ1) is 16.5. The summed E-state index contributed by atoms with van der Waals surface area (Å²) in [6.45, 7) is 2.41. The smallest absolute Gasteiger partial charge is 0.287 e. The number of carbonyl (C=O) groups is 2. The molecule has 3 heterocycles. The second-order valence-electron chi connectivity index (χ2n) is 8.60. The van der Waals surface area contributed by atoms with Gasteiger partial charge >= 0.3 is 0 Å². The molecule has 8 nitrogen and oxygen atoms in total. The Morgan fingerprint density at radius 3 is 2.65 bits per heavy atom. The zero-order valence-corrected chi connectivity index (χ0v) is 19.5. The molecule has 3 aromatic rings. The van der Waals surface area contributed by atoms with Crippen molar-refractivity contribution in [1.82, 2.24) is 20.6 Å². The highest BCUT2D eigenvalue weighted by atomic mass is 16.5. The Morgan fingerprint density at radius 1 is 1.12 bits per heavy atom. The maximum Gasteiger partial charge on any atom is 0.287 e.